The van der Waals surface area contributed by atoms with Gasteiger partial charge in [-0.05, 0) is 60.6 Å². The molecule has 2 N–H and O–H groups in total. The Morgan fingerprint density at radius 2 is 1.82 bits per heavy atom. The molecule has 0 unspecified atom stereocenters. The fraction of sp³-hybridized carbons (Fsp3) is 0.375. The van der Waals surface area contributed by atoms with Crippen LogP contribution in [0, 0.1) is 0 Å². The molecule has 0 radical (unpaired) electrons. The van der Waals surface area contributed by atoms with E-state index in [0.717, 1.165) is 34.8 Å². The zero-order valence-electron chi connectivity index (χ0n) is 17.1. The summed E-state index contributed by atoms with van der Waals surface area (Å²) in [5.74, 6) is 1.43. The van der Waals surface area contributed by atoms with Crippen LogP contribution < -0.4 is 10.6 Å². The third-order valence-electron chi connectivity index (χ3n) is 5.12. The lowest BCUT2D eigenvalue weighted by atomic mass is 9.90. The highest BCUT2D eigenvalue weighted by Gasteiger charge is 2.17. The van der Waals surface area contributed by atoms with Crippen LogP contribution in [0.5, 0.6) is 0 Å². The van der Waals surface area contributed by atoms with Crippen molar-refractivity contribution in [3.63, 3.8) is 0 Å². The molecule has 2 aromatic rings. The molecule has 4 heteroatoms. The van der Waals surface area contributed by atoms with E-state index in [1.807, 2.05) is 18.3 Å². The number of nitrogens with zero attached hydrogens (tertiary/aromatic N) is 1. The minimum atomic E-state index is 0.492. The fourth-order valence-electron chi connectivity index (χ4n) is 3.85. The molecule has 0 spiro atoms. The highest BCUT2D eigenvalue weighted by molar-refractivity contribution is 6.29. The first-order valence-electron chi connectivity index (χ1n) is 10.4. The van der Waals surface area contributed by atoms with Gasteiger partial charge in [0, 0.05) is 23.1 Å². The molecule has 3 rings (SSSR count). The Labute approximate surface area is 173 Å². The number of nitrogens with one attached hydrogen (secondary N) is 2. The topological polar surface area (TPSA) is 37.0 Å². The van der Waals surface area contributed by atoms with Crippen molar-refractivity contribution in [2.45, 2.75) is 58.8 Å². The van der Waals surface area contributed by atoms with Crippen molar-refractivity contribution in [1.82, 2.24) is 10.3 Å². The predicted molar refractivity (Wildman–Crippen MR) is 122 cm³/mol. The average molecular weight is 396 g/mol. The van der Waals surface area contributed by atoms with E-state index in [0.29, 0.717) is 11.1 Å². The van der Waals surface area contributed by atoms with Gasteiger partial charge < -0.3 is 10.6 Å². The van der Waals surface area contributed by atoms with Gasteiger partial charge in [-0.2, -0.15) is 0 Å². The fourth-order valence-corrected chi connectivity index (χ4v) is 4.05. The molecule has 1 aromatic heterocycles. The molecular weight excluding hydrogens is 366 g/mol. The standard InChI is InChI=1S/C24H30ClN3/c1-4-7-17(8-5-2)18-10-12-20(13-11-18)27-24-23-19(16-22(25)28-24)14-15-26-21(23)9-6-3/h9-17,26H,4-8H2,1-3H3,(H,27,28)/b21-9-. The third kappa shape index (κ3) is 4.77. The largest absolute Gasteiger partial charge is 0.361 e. The number of hydrogen-bond donors (Lipinski definition) is 2. The Morgan fingerprint density at radius 3 is 2.46 bits per heavy atom. The van der Waals surface area contributed by atoms with Gasteiger partial charge in [-0.25, -0.2) is 4.98 Å². The van der Waals surface area contributed by atoms with E-state index in [1.165, 1.54) is 31.2 Å². The lowest BCUT2D eigenvalue weighted by Crippen LogP contribution is -2.13. The van der Waals surface area contributed by atoms with Gasteiger partial charge in [-0.15, -0.1) is 0 Å². The van der Waals surface area contributed by atoms with Gasteiger partial charge in [-0.3, -0.25) is 0 Å². The summed E-state index contributed by atoms with van der Waals surface area (Å²) in [6.07, 6.45) is 12.0. The van der Waals surface area contributed by atoms with Gasteiger partial charge in [-0.1, -0.05) is 63.4 Å². The molecule has 0 aliphatic carbocycles. The first kappa shape index (κ1) is 20.5. The molecule has 1 aromatic carbocycles. The lowest BCUT2D eigenvalue weighted by Gasteiger charge is -2.21. The third-order valence-corrected chi connectivity index (χ3v) is 5.31. The number of hydrogen-bond acceptors (Lipinski definition) is 3. The maximum absolute atomic E-state index is 6.28. The molecule has 0 fully saturated rings. The average Bonchev–Trinajstić information content (AvgIpc) is 2.68. The van der Waals surface area contributed by atoms with E-state index < -0.39 is 0 Å². The second-order valence-electron chi connectivity index (χ2n) is 7.28. The minimum absolute atomic E-state index is 0.492. The summed E-state index contributed by atoms with van der Waals surface area (Å²) in [5, 5.41) is 7.30. The molecule has 0 amide bonds. The highest BCUT2D eigenvalue weighted by Crippen LogP contribution is 2.33. The molecule has 0 atom stereocenters. The van der Waals surface area contributed by atoms with Crippen LogP contribution in [0.1, 0.15) is 75.5 Å². The quantitative estimate of drug-likeness (QED) is 0.454. The van der Waals surface area contributed by atoms with E-state index in [2.05, 4.69) is 66.7 Å². The Balaban J connectivity index is 1.89. The zero-order valence-corrected chi connectivity index (χ0v) is 17.8. The number of rotatable bonds is 8. The molecule has 1 aliphatic heterocycles. The minimum Gasteiger partial charge on any atom is -0.361 e. The monoisotopic (exact) mass is 395 g/mol. The molecule has 148 valence electrons. The molecule has 1 aliphatic rings. The summed E-state index contributed by atoms with van der Waals surface area (Å²) in [7, 11) is 0. The number of aromatic nitrogens is 1. The number of allylic oxidation sites excluding steroid dienone is 1. The molecule has 2 heterocycles. The van der Waals surface area contributed by atoms with E-state index in [9.17, 15) is 0 Å². The Morgan fingerprint density at radius 1 is 1.11 bits per heavy atom. The van der Waals surface area contributed by atoms with Gasteiger partial charge in [0.25, 0.3) is 0 Å². The van der Waals surface area contributed by atoms with Crippen molar-refractivity contribution in [3.05, 3.63) is 64.5 Å². The molecule has 0 saturated heterocycles. The van der Waals surface area contributed by atoms with Crippen molar-refractivity contribution >= 4 is 34.9 Å². The Hall–Kier alpha value is -2.26. The van der Waals surface area contributed by atoms with Crippen LogP contribution in [0.3, 0.4) is 0 Å². The number of halogens is 1. The van der Waals surface area contributed by atoms with E-state index in [4.69, 9.17) is 11.6 Å². The maximum Gasteiger partial charge on any atom is 0.142 e. The van der Waals surface area contributed by atoms with Crippen LogP contribution in [-0.4, -0.2) is 4.98 Å². The van der Waals surface area contributed by atoms with Gasteiger partial charge >= 0.3 is 0 Å². The molecule has 28 heavy (non-hydrogen) atoms. The Bertz CT molecular complexity index is 847. The van der Waals surface area contributed by atoms with Gasteiger partial charge in [0.05, 0.1) is 0 Å². The highest BCUT2D eigenvalue weighted by atomic mass is 35.5. The number of benzene rings is 1. The summed E-state index contributed by atoms with van der Waals surface area (Å²) in [4.78, 5) is 4.57. The number of anilines is 2. The molecule has 3 nitrogen and oxygen atoms in total. The first-order chi connectivity index (χ1) is 13.7. The summed E-state index contributed by atoms with van der Waals surface area (Å²) in [5.41, 5.74) is 5.65. The smallest absolute Gasteiger partial charge is 0.142 e. The number of pyridine rings is 1. The summed E-state index contributed by atoms with van der Waals surface area (Å²) in [6, 6.07) is 10.7. The normalized spacial score (nSPS) is 14.2. The summed E-state index contributed by atoms with van der Waals surface area (Å²) in [6.45, 7) is 6.65. The van der Waals surface area contributed by atoms with Gasteiger partial charge in [0.2, 0.25) is 0 Å². The second kappa shape index (κ2) is 9.79. The Kier molecular flexibility index (Phi) is 7.16. The molecule has 0 bridgehead atoms. The van der Waals surface area contributed by atoms with Crippen molar-refractivity contribution < 1.29 is 0 Å². The zero-order chi connectivity index (χ0) is 19.9. The molecule has 0 saturated carbocycles. The van der Waals surface area contributed by atoms with Crippen LogP contribution in [0.2, 0.25) is 5.15 Å². The van der Waals surface area contributed by atoms with Crippen molar-refractivity contribution in [2.75, 3.05) is 5.32 Å². The van der Waals surface area contributed by atoms with Crippen LogP contribution in [0.25, 0.3) is 11.8 Å². The van der Waals surface area contributed by atoms with Crippen LogP contribution in [0.4, 0.5) is 11.5 Å². The predicted octanol–water partition coefficient (Wildman–Crippen LogP) is 7.49. The van der Waals surface area contributed by atoms with Crippen LogP contribution in [0.15, 0.2) is 42.6 Å². The van der Waals surface area contributed by atoms with Crippen molar-refractivity contribution in [2.24, 2.45) is 0 Å². The van der Waals surface area contributed by atoms with Crippen LogP contribution >= 0.6 is 11.6 Å². The van der Waals surface area contributed by atoms with E-state index >= 15 is 0 Å². The lowest BCUT2D eigenvalue weighted by molar-refractivity contribution is 0.561. The summed E-state index contributed by atoms with van der Waals surface area (Å²) < 4.78 is 0. The van der Waals surface area contributed by atoms with Gasteiger partial charge in [0.1, 0.15) is 11.0 Å². The molecular formula is C24H30ClN3. The van der Waals surface area contributed by atoms with Crippen LogP contribution in [-0.2, 0) is 0 Å². The van der Waals surface area contributed by atoms with Crippen molar-refractivity contribution in [3.8, 4) is 0 Å². The summed E-state index contributed by atoms with van der Waals surface area (Å²) >= 11 is 6.28. The van der Waals surface area contributed by atoms with E-state index in [1.54, 1.807) is 0 Å². The maximum atomic E-state index is 6.28. The SMILES string of the molecule is CC/C=C1\NC=Cc2cc(Cl)nc(Nc3ccc(C(CCC)CCC)cc3)c21. The van der Waals surface area contributed by atoms with Gasteiger partial charge in [0.15, 0.2) is 0 Å². The van der Waals surface area contributed by atoms with E-state index in [-0.39, 0.29) is 0 Å². The number of fused-ring (bicyclic) bond motifs is 1. The second-order valence-corrected chi connectivity index (χ2v) is 7.67. The van der Waals surface area contributed by atoms with Crippen molar-refractivity contribution in [1.29, 1.82) is 0 Å². The first-order valence-corrected chi connectivity index (χ1v) is 10.7.